The number of carbonyl (C=O) groups is 1. The maximum atomic E-state index is 10.6. The number of hydrogen-bond donors (Lipinski definition) is 6. The number of halogens is 3. The first-order valence-corrected chi connectivity index (χ1v) is 7.65. The standard InChI is InChI=1S/C13H20N4O3.C2HF3O2/c14-13(15)16-9-3-1-8(2-4-9)5-17-6-11(19)12(20)10(17)7-18;3-2(4,5)1(6)7/h1-4,10-12,18-20H,5-7H2,(H4,14,15,16);(H,6,7)/t10-,11+,12-;/m1./s1. The summed E-state index contributed by atoms with van der Waals surface area (Å²) in [4.78, 5) is 14.7. The van der Waals surface area contributed by atoms with Crippen LogP contribution in [0.25, 0.3) is 0 Å². The van der Waals surface area contributed by atoms with E-state index in [1.165, 1.54) is 0 Å². The van der Waals surface area contributed by atoms with Crippen LogP contribution in [-0.4, -0.2) is 74.8 Å². The Morgan fingerprint density at radius 2 is 1.74 bits per heavy atom. The van der Waals surface area contributed by atoms with Gasteiger partial charge >= 0.3 is 12.1 Å². The van der Waals surface area contributed by atoms with E-state index >= 15 is 0 Å². The number of β-amino-alcohol motifs (C(OH)–C–C–N with tert-alkyl or cyclic N) is 1. The van der Waals surface area contributed by atoms with Crippen molar-refractivity contribution in [1.82, 2.24) is 4.90 Å². The fraction of sp³-hybridized carbons (Fsp3) is 0.467. The summed E-state index contributed by atoms with van der Waals surface area (Å²) in [7, 11) is 0. The number of likely N-dealkylation sites (tertiary alicyclic amines) is 1. The summed E-state index contributed by atoms with van der Waals surface area (Å²) in [6.07, 6.45) is -6.83. The van der Waals surface area contributed by atoms with Gasteiger partial charge in [-0.3, -0.25) is 4.90 Å². The number of benzene rings is 1. The lowest BCUT2D eigenvalue weighted by molar-refractivity contribution is -0.192. The number of aliphatic carboxylic acids is 1. The highest BCUT2D eigenvalue weighted by Crippen LogP contribution is 2.22. The third-order valence-electron chi connectivity index (χ3n) is 3.69. The van der Waals surface area contributed by atoms with Crippen LogP contribution in [-0.2, 0) is 11.3 Å². The van der Waals surface area contributed by atoms with Gasteiger partial charge in [-0.25, -0.2) is 9.79 Å². The van der Waals surface area contributed by atoms with Crippen LogP contribution in [0.1, 0.15) is 5.56 Å². The van der Waals surface area contributed by atoms with Gasteiger partial charge in [0.05, 0.1) is 30.5 Å². The Bertz CT molecular complexity index is 650. The molecule has 1 aliphatic heterocycles. The van der Waals surface area contributed by atoms with E-state index in [1.54, 1.807) is 12.1 Å². The van der Waals surface area contributed by atoms with Gasteiger partial charge in [0.25, 0.3) is 0 Å². The second kappa shape index (κ2) is 9.50. The number of carboxylic acid groups (broad SMARTS) is 1. The summed E-state index contributed by atoms with van der Waals surface area (Å²) < 4.78 is 31.7. The van der Waals surface area contributed by atoms with Gasteiger partial charge < -0.3 is 31.9 Å². The molecule has 1 aromatic rings. The highest BCUT2D eigenvalue weighted by molar-refractivity contribution is 5.78. The van der Waals surface area contributed by atoms with Crippen molar-refractivity contribution < 1.29 is 38.4 Å². The quantitative estimate of drug-likeness (QED) is 0.283. The average Bonchev–Trinajstić information content (AvgIpc) is 2.82. The predicted molar refractivity (Wildman–Crippen MR) is 88.9 cm³/mol. The van der Waals surface area contributed by atoms with E-state index in [9.17, 15) is 28.5 Å². The summed E-state index contributed by atoms with van der Waals surface area (Å²) in [5.74, 6) is -2.75. The van der Waals surface area contributed by atoms with Gasteiger partial charge in [0, 0.05) is 13.1 Å². The van der Waals surface area contributed by atoms with Crippen LogP contribution < -0.4 is 11.5 Å². The number of nitrogens with two attached hydrogens (primary N) is 2. The molecule has 12 heteroatoms. The number of guanidine groups is 1. The Morgan fingerprint density at radius 1 is 1.22 bits per heavy atom. The molecule has 2 rings (SSSR count). The number of aliphatic imine (C=N–C) groups is 1. The third-order valence-corrected chi connectivity index (χ3v) is 3.69. The summed E-state index contributed by atoms with van der Waals surface area (Å²) in [5.41, 5.74) is 12.2. The molecule has 0 unspecified atom stereocenters. The summed E-state index contributed by atoms with van der Waals surface area (Å²) in [6.45, 7) is 0.674. The average molecular weight is 394 g/mol. The Balaban J connectivity index is 0.000000445. The van der Waals surface area contributed by atoms with Crippen molar-refractivity contribution in [1.29, 1.82) is 0 Å². The van der Waals surface area contributed by atoms with Crippen molar-refractivity contribution in [2.24, 2.45) is 16.5 Å². The van der Waals surface area contributed by atoms with Crippen molar-refractivity contribution in [2.45, 2.75) is 31.0 Å². The lowest BCUT2D eigenvalue weighted by Crippen LogP contribution is -2.38. The number of carboxylic acids is 1. The summed E-state index contributed by atoms with van der Waals surface area (Å²) >= 11 is 0. The van der Waals surface area contributed by atoms with E-state index in [0.29, 0.717) is 18.8 Å². The molecule has 3 atom stereocenters. The zero-order chi connectivity index (χ0) is 20.8. The molecular formula is C15H21F3N4O5. The minimum Gasteiger partial charge on any atom is -0.475 e. The molecule has 0 radical (unpaired) electrons. The lowest BCUT2D eigenvalue weighted by Gasteiger charge is -2.23. The number of aliphatic hydroxyl groups is 3. The van der Waals surface area contributed by atoms with E-state index in [-0.39, 0.29) is 12.6 Å². The molecule has 0 spiro atoms. The maximum Gasteiger partial charge on any atom is 0.490 e. The maximum absolute atomic E-state index is 10.6. The molecule has 8 N–H and O–H groups in total. The number of nitrogens with zero attached hydrogens (tertiary/aromatic N) is 2. The Morgan fingerprint density at radius 3 is 2.15 bits per heavy atom. The molecule has 1 saturated heterocycles. The lowest BCUT2D eigenvalue weighted by atomic mass is 10.1. The second-order valence-electron chi connectivity index (χ2n) is 5.74. The smallest absolute Gasteiger partial charge is 0.475 e. The van der Waals surface area contributed by atoms with Crippen LogP contribution in [0.3, 0.4) is 0 Å². The fourth-order valence-electron chi connectivity index (χ4n) is 2.42. The van der Waals surface area contributed by atoms with Crippen LogP contribution in [0.4, 0.5) is 18.9 Å². The molecule has 0 amide bonds. The first kappa shape index (κ1) is 22.6. The van der Waals surface area contributed by atoms with Crippen LogP contribution in [0.2, 0.25) is 0 Å². The summed E-state index contributed by atoms with van der Waals surface area (Å²) in [5, 5.41) is 35.8. The highest BCUT2D eigenvalue weighted by Gasteiger charge is 2.39. The van der Waals surface area contributed by atoms with Crippen molar-refractivity contribution in [3.63, 3.8) is 0 Å². The molecule has 1 fully saturated rings. The number of rotatable bonds is 4. The molecule has 0 aromatic heterocycles. The topological polar surface area (TPSA) is 166 Å². The van der Waals surface area contributed by atoms with Gasteiger partial charge in [0.1, 0.15) is 0 Å². The third kappa shape index (κ3) is 7.02. The first-order chi connectivity index (χ1) is 12.5. The van der Waals surface area contributed by atoms with Gasteiger partial charge in [-0.1, -0.05) is 12.1 Å². The number of alkyl halides is 3. The molecule has 1 aliphatic rings. The van der Waals surface area contributed by atoms with Gasteiger partial charge in [-0.2, -0.15) is 13.2 Å². The Hall–Kier alpha value is -2.41. The van der Waals surface area contributed by atoms with Crippen molar-refractivity contribution >= 4 is 17.6 Å². The van der Waals surface area contributed by atoms with E-state index < -0.39 is 30.4 Å². The second-order valence-corrected chi connectivity index (χ2v) is 5.74. The molecule has 1 aromatic carbocycles. The zero-order valence-corrected chi connectivity index (χ0v) is 14.0. The van der Waals surface area contributed by atoms with Gasteiger partial charge in [-0.05, 0) is 17.7 Å². The van der Waals surface area contributed by atoms with Crippen molar-refractivity contribution in [3.05, 3.63) is 29.8 Å². The zero-order valence-electron chi connectivity index (χ0n) is 14.0. The molecule has 1 heterocycles. The largest absolute Gasteiger partial charge is 0.490 e. The predicted octanol–water partition coefficient (Wildman–Crippen LogP) is -0.877. The molecule has 0 saturated carbocycles. The Kier molecular flexibility index (Phi) is 7.97. The fourth-order valence-corrected chi connectivity index (χ4v) is 2.42. The Labute approximate surface area is 152 Å². The van der Waals surface area contributed by atoms with Crippen LogP contribution >= 0.6 is 0 Å². The van der Waals surface area contributed by atoms with E-state index in [0.717, 1.165) is 5.56 Å². The van der Waals surface area contributed by atoms with Crippen LogP contribution in [0, 0.1) is 0 Å². The van der Waals surface area contributed by atoms with Crippen molar-refractivity contribution in [2.75, 3.05) is 13.2 Å². The molecule has 9 nitrogen and oxygen atoms in total. The highest BCUT2D eigenvalue weighted by atomic mass is 19.4. The van der Waals surface area contributed by atoms with Gasteiger partial charge in [0.15, 0.2) is 5.96 Å². The molecular weight excluding hydrogens is 373 g/mol. The monoisotopic (exact) mass is 394 g/mol. The summed E-state index contributed by atoms with van der Waals surface area (Å²) in [6, 6.07) is 6.86. The SMILES string of the molecule is NC(N)=Nc1ccc(CN2C[C@H](O)[C@H](O)[C@H]2CO)cc1.O=C(O)C(F)(F)F. The van der Waals surface area contributed by atoms with Gasteiger partial charge in [0.2, 0.25) is 0 Å². The normalized spacial score (nSPS) is 22.7. The molecule has 27 heavy (non-hydrogen) atoms. The molecule has 152 valence electrons. The minimum absolute atomic E-state index is 0.00359. The van der Waals surface area contributed by atoms with Crippen LogP contribution in [0.15, 0.2) is 29.3 Å². The first-order valence-electron chi connectivity index (χ1n) is 7.65. The van der Waals surface area contributed by atoms with E-state index in [4.69, 9.17) is 21.4 Å². The number of aliphatic hydroxyl groups excluding tert-OH is 3. The van der Waals surface area contributed by atoms with E-state index in [2.05, 4.69) is 4.99 Å². The molecule has 0 aliphatic carbocycles. The van der Waals surface area contributed by atoms with Crippen molar-refractivity contribution in [3.8, 4) is 0 Å². The minimum atomic E-state index is -5.08. The van der Waals surface area contributed by atoms with E-state index in [1.807, 2.05) is 17.0 Å². The molecule has 0 bridgehead atoms. The number of hydrogen-bond acceptors (Lipinski definition) is 6. The van der Waals surface area contributed by atoms with Gasteiger partial charge in [-0.15, -0.1) is 0 Å². The van der Waals surface area contributed by atoms with Crippen LogP contribution in [0.5, 0.6) is 0 Å².